The first-order valence-corrected chi connectivity index (χ1v) is 8.00. The fourth-order valence-electron chi connectivity index (χ4n) is 2.85. The van der Waals surface area contributed by atoms with Crippen LogP contribution in [0.25, 0.3) is 0 Å². The Labute approximate surface area is 97.7 Å². The van der Waals surface area contributed by atoms with E-state index in [9.17, 15) is 8.42 Å². The average molecular weight is 247 g/mol. The zero-order valence-corrected chi connectivity index (χ0v) is 10.8. The Morgan fingerprint density at radius 1 is 1.19 bits per heavy atom. The first kappa shape index (κ1) is 12.3. The molecule has 2 aliphatic rings. The van der Waals surface area contributed by atoms with Gasteiger partial charge in [-0.2, -0.15) is 0 Å². The minimum Gasteiger partial charge on any atom is -0.377 e. The predicted octanol–water partition coefficient (Wildman–Crippen LogP) is 0.719. The third-order valence-electron chi connectivity index (χ3n) is 3.81. The predicted molar refractivity (Wildman–Crippen MR) is 63.2 cm³/mol. The van der Waals surface area contributed by atoms with E-state index in [1.807, 2.05) is 0 Å². The highest BCUT2D eigenvalue weighted by Gasteiger charge is 2.37. The minimum absolute atomic E-state index is 0.129. The average Bonchev–Trinajstić information content (AvgIpc) is 2.76. The van der Waals surface area contributed by atoms with E-state index in [2.05, 4.69) is 12.2 Å². The van der Waals surface area contributed by atoms with Crippen molar-refractivity contribution in [2.45, 2.75) is 56.0 Å². The van der Waals surface area contributed by atoms with Gasteiger partial charge in [0.1, 0.15) is 0 Å². The summed E-state index contributed by atoms with van der Waals surface area (Å²) in [6, 6.07) is 0.455. The standard InChI is InChI=1S/C11H21NO3S/c1-8-9(6-7-15-8)12-10-4-3-5-11(10)16(2,13)14/h8-12H,3-7H2,1-2H3. The molecule has 2 rings (SSSR count). The Hall–Kier alpha value is -0.130. The zero-order chi connectivity index (χ0) is 11.8. The van der Waals surface area contributed by atoms with E-state index < -0.39 is 9.84 Å². The van der Waals surface area contributed by atoms with Crippen molar-refractivity contribution >= 4 is 9.84 Å². The molecule has 1 aliphatic carbocycles. The lowest BCUT2D eigenvalue weighted by atomic mass is 10.1. The largest absolute Gasteiger partial charge is 0.377 e. The number of rotatable bonds is 3. The first-order chi connectivity index (χ1) is 7.48. The molecule has 1 saturated heterocycles. The molecule has 4 unspecified atom stereocenters. The monoisotopic (exact) mass is 247 g/mol. The van der Waals surface area contributed by atoms with Gasteiger partial charge in [-0.3, -0.25) is 0 Å². The van der Waals surface area contributed by atoms with Crippen molar-refractivity contribution < 1.29 is 13.2 Å². The first-order valence-electron chi connectivity index (χ1n) is 6.05. The summed E-state index contributed by atoms with van der Waals surface area (Å²) in [5.41, 5.74) is 0. The van der Waals surface area contributed by atoms with Crippen LogP contribution < -0.4 is 5.32 Å². The summed E-state index contributed by atoms with van der Waals surface area (Å²) in [4.78, 5) is 0. The van der Waals surface area contributed by atoms with Gasteiger partial charge in [0.2, 0.25) is 0 Å². The SMILES string of the molecule is CC1OCCC1NC1CCCC1S(C)(=O)=O. The molecule has 4 nitrogen and oxygen atoms in total. The lowest BCUT2D eigenvalue weighted by Gasteiger charge is -2.25. The van der Waals surface area contributed by atoms with E-state index in [-0.39, 0.29) is 17.4 Å². The van der Waals surface area contributed by atoms with Crippen molar-refractivity contribution in [3.8, 4) is 0 Å². The van der Waals surface area contributed by atoms with E-state index >= 15 is 0 Å². The van der Waals surface area contributed by atoms with E-state index in [4.69, 9.17) is 4.74 Å². The van der Waals surface area contributed by atoms with Crippen LogP contribution in [0, 0.1) is 0 Å². The van der Waals surface area contributed by atoms with Crippen molar-refractivity contribution in [1.29, 1.82) is 0 Å². The van der Waals surface area contributed by atoms with Crippen LogP contribution >= 0.6 is 0 Å². The Bertz CT molecular complexity index is 341. The van der Waals surface area contributed by atoms with Gasteiger partial charge in [0.25, 0.3) is 0 Å². The van der Waals surface area contributed by atoms with Gasteiger partial charge in [0, 0.05) is 24.9 Å². The Morgan fingerprint density at radius 3 is 2.50 bits per heavy atom. The van der Waals surface area contributed by atoms with Crippen molar-refractivity contribution in [1.82, 2.24) is 5.32 Å². The lowest BCUT2D eigenvalue weighted by Crippen LogP contribution is -2.47. The maximum atomic E-state index is 11.6. The fraction of sp³-hybridized carbons (Fsp3) is 1.00. The summed E-state index contributed by atoms with van der Waals surface area (Å²) in [6.45, 7) is 2.84. The third kappa shape index (κ3) is 2.57. The van der Waals surface area contributed by atoms with Crippen LogP contribution in [0.15, 0.2) is 0 Å². The quantitative estimate of drug-likeness (QED) is 0.798. The molecule has 0 radical (unpaired) electrons. The number of nitrogens with one attached hydrogen (secondary N) is 1. The molecule has 1 saturated carbocycles. The molecule has 0 bridgehead atoms. The van der Waals surface area contributed by atoms with Crippen LogP contribution in [0.3, 0.4) is 0 Å². The second-order valence-corrected chi connectivity index (χ2v) is 7.31. The summed E-state index contributed by atoms with van der Waals surface area (Å²) in [6.07, 6.45) is 5.35. The summed E-state index contributed by atoms with van der Waals surface area (Å²) in [5.74, 6) is 0. The molecule has 94 valence electrons. The van der Waals surface area contributed by atoms with E-state index in [1.54, 1.807) is 0 Å². The molecule has 0 aromatic heterocycles. The summed E-state index contributed by atoms with van der Waals surface area (Å²) in [5, 5.41) is 3.29. The normalized spacial score (nSPS) is 40.4. The Balaban J connectivity index is 1.98. The molecule has 1 heterocycles. The Kier molecular flexibility index (Phi) is 3.56. The van der Waals surface area contributed by atoms with Gasteiger partial charge >= 0.3 is 0 Å². The molecule has 1 aliphatic heterocycles. The zero-order valence-electron chi connectivity index (χ0n) is 9.98. The molecule has 0 spiro atoms. The molecule has 0 aromatic carbocycles. The number of ether oxygens (including phenoxy) is 1. The highest BCUT2D eigenvalue weighted by atomic mass is 32.2. The van der Waals surface area contributed by atoms with Crippen LogP contribution in [0.2, 0.25) is 0 Å². The van der Waals surface area contributed by atoms with Crippen molar-refractivity contribution in [2.75, 3.05) is 12.9 Å². The topological polar surface area (TPSA) is 55.4 Å². The van der Waals surface area contributed by atoms with E-state index in [1.165, 1.54) is 6.26 Å². The summed E-state index contributed by atoms with van der Waals surface area (Å²) < 4.78 is 28.7. The van der Waals surface area contributed by atoms with Crippen LogP contribution in [0.5, 0.6) is 0 Å². The smallest absolute Gasteiger partial charge is 0.151 e. The lowest BCUT2D eigenvalue weighted by molar-refractivity contribution is 0.111. The van der Waals surface area contributed by atoms with Crippen LogP contribution in [0.4, 0.5) is 0 Å². The van der Waals surface area contributed by atoms with Gasteiger partial charge in [-0.25, -0.2) is 8.42 Å². The van der Waals surface area contributed by atoms with Gasteiger partial charge in [-0.05, 0) is 26.2 Å². The summed E-state index contributed by atoms with van der Waals surface area (Å²) in [7, 11) is -2.91. The van der Waals surface area contributed by atoms with Gasteiger partial charge in [-0.15, -0.1) is 0 Å². The molecular formula is C11H21NO3S. The van der Waals surface area contributed by atoms with Crippen LogP contribution in [0.1, 0.15) is 32.6 Å². The van der Waals surface area contributed by atoms with Gasteiger partial charge in [0.05, 0.1) is 11.4 Å². The molecule has 4 atom stereocenters. The van der Waals surface area contributed by atoms with Gasteiger partial charge in [0.15, 0.2) is 9.84 Å². The second kappa shape index (κ2) is 4.63. The number of hydrogen-bond donors (Lipinski definition) is 1. The fourth-order valence-corrected chi connectivity index (χ4v) is 4.26. The van der Waals surface area contributed by atoms with Gasteiger partial charge in [-0.1, -0.05) is 6.42 Å². The molecule has 2 fully saturated rings. The van der Waals surface area contributed by atoms with Crippen molar-refractivity contribution in [3.63, 3.8) is 0 Å². The minimum atomic E-state index is -2.91. The van der Waals surface area contributed by atoms with Gasteiger partial charge < -0.3 is 10.1 Å². The van der Waals surface area contributed by atoms with Crippen LogP contribution in [-0.2, 0) is 14.6 Å². The molecule has 1 N–H and O–H groups in total. The molecule has 5 heteroatoms. The summed E-state index contributed by atoms with van der Waals surface area (Å²) >= 11 is 0. The number of hydrogen-bond acceptors (Lipinski definition) is 4. The second-order valence-electron chi connectivity index (χ2n) is 5.04. The number of sulfone groups is 1. The molecule has 0 amide bonds. The Morgan fingerprint density at radius 2 is 1.94 bits per heavy atom. The highest BCUT2D eigenvalue weighted by Crippen LogP contribution is 2.27. The third-order valence-corrected chi connectivity index (χ3v) is 5.47. The highest BCUT2D eigenvalue weighted by molar-refractivity contribution is 7.91. The maximum Gasteiger partial charge on any atom is 0.151 e. The van der Waals surface area contributed by atoms with Crippen molar-refractivity contribution in [3.05, 3.63) is 0 Å². The maximum absolute atomic E-state index is 11.6. The van der Waals surface area contributed by atoms with Crippen molar-refractivity contribution in [2.24, 2.45) is 0 Å². The van der Waals surface area contributed by atoms with Crippen LogP contribution in [-0.4, -0.2) is 44.7 Å². The van der Waals surface area contributed by atoms with E-state index in [0.29, 0.717) is 6.04 Å². The van der Waals surface area contributed by atoms with E-state index in [0.717, 1.165) is 32.3 Å². The molecule has 0 aromatic rings. The molecule has 16 heavy (non-hydrogen) atoms. The molecular weight excluding hydrogens is 226 g/mol.